The van der Waals surface area contributed by atoms with Gasteiger partial charge in [0.25, 0.3) is 0 Å². The van der Waals surface area contributed by atoms with Crippen LogP contribution in [0.15, 0.2) is 12.2 Å². The first-order chi connectivity index (χ1) is 4.74. The number of nitriles is 1. The third kappa shape index (κ3) is 0.630. The Morgan fingerprint density at radius 1 is 1.60 bits per heavy atom. The highest BCUT2D eigenvalue weighted by atomic mass is 35.5. The summed E-state index contributed by atoms with van der Waals surface area (Å²) < 4.78 is 0. The first-order valence-electron chi connectivity index (χ1n) is 3.53. The lowest BCUT2D eigenvalue weighted by Crippen LogP contribution is -2.23. The first-order valence-corrected chi connectivity index (χ1v) is 3.91. The van der Waals surface area contributed by atoms with Crippen molar-refractivity contribution in [1.82, 2.24) is 0 Å². The SMILES string of the molecule is N#CC1(Cl)C[C@@H]2C=C[C@H]1C2. The maximum absolute atomic E-state index is 8.73. The summed E-state index contributed by atoms with van der Waals surface area (Å²) in [5.41, 5.74) is 0. The molecule has 0 aliphatic heterocycles. The summed E-state index contributed by atoms with van der Waals surface area (Å²) in [6.45, 7) is 0. The standard InChI is InChI=1S/C8H8ClN/c9-8(5-10)4-6-1-2-7(8)3-6/h1-2,6-7H,3-4H2/t6-,7+,8?/m1/s1. The number of allylic oxidation sites excluding steroid dienone is 2. The summed E-state index contributed by atoms with van der Waals surface area (Å²) in [6, 6.07) is 2.19. The molecule has 2 rings (SSSR count). The third-order valence-electron chi connectivity index (χ3n) is 2.51. The van der Waals surface area contributed by atoms with Gasteiger partial charge in [0, 0.05) is 5.92 Å². The summed E-state index contributed by atoms with van der Waals surface area (Å²) >= 11 is 6.04. The smallest absolute Gasteiger partial charge is 0.137 e. The highest BCUT2D eigenvalue weighted by molar-refractivity contribution is 6.26. The molecule has 0 amide bonds. The van der Waals surface area contributed by atoms with Gasteiger partial charge >= 0.3 is 0 Å². The zero-order valence-corrected chi connectivity index (χ0v) is 6.30. The van der Waals surface area contributed by atoms with Crippen molar-refractivity contribution in [2.24, 2.45) is 11.8 Å². The van der Waals surface area contributed by atoms with Gasteiger partial charge in [0.15, 0.2) is 0 Å². The molecule has 0 aromatic carbocycles. The van der Waals surface area contributed by atoms with E-state index >= 15 is 0 Å². The molecule has 0 saturated heterocycles. The van der Waals surface area contributed by atoms with E-state index in [0.29, 0.717) is 11.8 Å². The Hall–Kier alpha value is -0.480. The van der Waals surface area contributed by atoms with E-state index in [2.05, 4.69) is 18.2 Å². The van der Waals surface area contributed by atoms with Crippen LogP contribution in [-0.4, -0.2) is 4.87 Å². The van der Waals surface area contributed by atoms with E-state index in [1.165, 1.54) is 0 Å². The Labute approximate surface area is 65.3 Å². The molecule has 1 nitrogen and oxygen atoms in total. The van der Waals surface area contributed by atoms with Crippen LogP contribution >= 0.6 is 11.6 Å². The highest BCUT2D eigenvalue weighted by Gasteiger charge is 2.47. The van der Waals surface area contributed by atoms with E-state index in [1.54, 1.807) is 0 Å². The molecular weight excluding hydrogens is 146 g/mol. The number of hydrogen-bond donors (Lipinski definition) is 0. The second kappa shape index (κ2) is 1.77. The quantitative estimate of drug-likeness (QED) is 0.386. The van der Waals surface area contributed by atoms with Crippen LogP contribution < -0.4 is 0 Å². The van der Waals surface area contributed by atoms with Gasteiger partial charge in [-0.1, -0.05) is 12.2 Å². The molecule has 1 fully saturated rings. The summed E-state index contributed by atoms with van der Waals surface area (Å²) in [5, 5.41) is 8.73. The Kier molecular flexibility index (Phi) is 1.10. The summed E-state index contributed by atoms with van der Waals surface area (Å²) in [5.74, 6) is 0.909. The maximum atomic E-state index is 8.73. The van der Waals surface area contributed by atoms with E-state index in [4.69, 9.17) is 16.9 Å². The molecule has 2 aliphatic carbocycles. The first kappa shape index (κ1) is 6.24. The lowest BCUT2D eigenvalue weighted by atomic mass is 9.94. The number of hydrogen-bond acceptors (Lipinski definition) is 1. The molecule has 10 heavy (non-hydrogen) atoms. The lowest BCUT2D eigenvalue weighted by Gasteiger charge is -2.19. The monoisotopic (exact) mass is 153 g/mol. The number of nitrogens with zero attached hydrogens (tertiary/aromatic N) is 1. The molecule has 1 saturated carbocycles. The van der Waals surface area contributed by atoms with E-state index in [1.807, 2.05) is 0 Å². The minimum atomic E-state index is -0.556. The third-order valence-corrected chi connectivity index (χ3v) is 3.02. The van der Waals surface area contributed by atoms with Gasteiger partial charge in [0.05, 0.1) is 6.07 Å². The molecule has 52 valence electrons. The fourth-order valence-corrected chi connectivity index (χ4v) is 2.29. The summed E-state index contributed by atoms with van der Waals surface area (Å²) in [4.78, 5) is -0.556. The number of alkyl halides is 1. The van der Waals surface area contributed by atoms with Gasteiger partial charge in [-0.3, -0.25) is 0 Å². The van der Waals surface area contributed by atoms with Crippen molar-refractivity contribution in [3.05, 3.63) is 12.2 Å². The van der Waals surface area contributed by atoms with Crippen LogP contribution in [0.3, 0.4) is 0 Å². The number of halogens is 1. The van der Waals surface area contributed by atoms with Crippen LogP contribution in [0, 0.1) is 23.2 Å². The van der Waals surface area contributed by atoms with Crippen molar-refractivity contribution >= 4 is 11.6 Å². The van der Waals surface area contributed by atoms with E-state index in [9.17, 15) is 0 Å². The fourth-order valence-electron chi connectivity index (χ4n) is 1.93. The molecule has 1 unspecified atom stereocenters. The van der Waals surface area contributed by atoms with Crippen LogP contribution in [-0.2, 0) is 0 Å². The van der Waals surface area contributed by atoms with Crippen molar-refractivity contribution in [3.63, 3.8) is 0 Å². The zero-order chi connectivity index (χ0) is 7.19. The molecule has 2 aliphatic rings. The van der Waals surface area contributed by atoms with E-state index < -0.39 is 4.87 Å². The van der Waals surface area contributed by atoms with E-state index in [-0.39, 0.29) is 0 Å². The highest BCUT2D eigenvalue weighted by Crippen LogP contribution is 2.49. The molecule has 2 heteroatoms. The van der Waals surface area contributed by atoms with Gasteiger partial charge in [-0.05, 0) is 18.8 Å². The predicted molar refractivity (Wildman–Crippen MR) is 39.6 cm³/mol. The van der Waals surface area contributed by atoms with Crippen molar-refractivity contribution in [3.8, 4) is 6.07 Å². The van der Waals surface area contributed by atoms with E-state index in [0.717, 1.165) is 12.8 Å². The van der Waals surface area contributed by atoms with Crippen molar-refractivity contribution in [2.45, 2.75) is 17.7 Å². The summed E-state index contributed by atoms with van der Waals surface area (Å²) in [7, 11) is 0. The largest absolute Gasteiger partial charge is 0.196 e. The molecule has 0 aromatic rings. The molecule has 0 radical (unpaired) electrons. The van der Waals surface area contributed by atoms with Gasteiger partial charge in [-0.2, -0.15) is 5.26 Å². The number of rotatable bonds is 0. The van der Waals surface area contributed by atoms with Gasteiger partial charge in [-0.15, -0.1) is 11.6 Å². The average Bonchev–Trinajstić information content (AvgIpc) is 2.46. The molecule has 0 spiro atoms. The topological polar surface area (TPSA) is 23.8 Å². The van der Waals surface area contributed by atoms with Gasteiger partial charge in [-0.25, -0.2) is 0 Å². The molecular formula is C8H8ClN. The Morgan fingerprint density at radius 3 is 2.70 bits per heavy atom. The van der Waals surface area contributed by atoms with Gasteiger partial charge in [0.2, 0.25) is 0 Å². The van der Waals surface area contributed by atoms with Crippen LogP contribution in [0.5, 0.6) is 0 Å². The molecule has 3 atom stereocenters. The van der Waals surface area contributed by atoms with Crippen LogP contribution in [0.2, 0.25) is 0 Å². The lowest BCUT2D eigenvalue weighted by molar-refractivity contribution is 0.602. The Balaban J connectivity index is 2.33. The average molecular weight is 154 g/mol. The second-order valence-electron chi connectivity index (χ2n) is 3.17. The van der Waals surface area contributed by atoms with Gasteiger partial charge < -0.3 is 0 Å². The minimum Gasteiger partial charge on any atom is -0.196 e. The van der Waals surface area contributed by atoms with Crippen molar-refractivity contribution < 1.29 is 0 Å². The van der Waals surface area contributed by atoms with Crippen molar-refractivity contribution in [2.75, 3.05) is 0 Å². The second-order valence-corrected chi connectivity index (χ2v) is 3.84. The maximum Gasteiger partial charge on any atom is 0.137 e. The Bertz CT molecular complexity index is 228. The van der Waals surface area contributed by atoms with Crippen molar-refractivity contribution in [1.29, 1.82) is 5.26 Å². The fraction of sp³-hybridized carbons (Fsp3) is 0.625. The molecule has 0 N–H and O–H groups in total. The normalized spacial score (nSPS) is 49.6. The Morgan fingerprint density at radius 2 is 2.40 bits per heavy atom. The van der Waals surface area contributed by atoms with Crippen LogP contribution in [0.25, 0.3) is 0 Å². The molecule has 0 aromatic heterocycles. The predicted octanol–water partition coefficient (Wildman–Crippen LogP) is 2.08. The zero-order valence-electron chi connectivity index (χ0n) is 5.55. The van der Waals surface area contributed by atoms with Crippen LogP contribution in [0.4, 0.5) is 0 Å². The van der Waals surface area contributed by atoms with Gasteiger partial charge in [0.1, 0.15) is 4.87 Å². The molecule has 0 heterocycles. The minimum absolute atomic E-state index is 0.323. The molecule has 2 bridgehead atoms. The summed E-state index contributed by atoms with van der Waals surface area (Å²) in [6.07, 6.45) is 6.22. The van der Waals surface area contributed by atoms with Crippen LogP contribution in [0.1, 0.15) is 12.8 Å². The number of fused-ring (bicyclic) bond motifs is 2.